The Balaban J connectivity index is 1.12. The largest absolute Gasteiger partial charge is 0.477 e. The first-order chi connectivity index (χ1) is 40.1. The molecule has 25 heteroatoms. The van der Waals surface area contributed by atoms with Crippen LogP contribution in [0.3, 0.4) is 0 Å². The van der Waals surface area contributed by atoms with Crippen molar-refractivity contribution < 1.29 is 91.4 Å². The zero-order chi connectivity index (χ0) is 62.9. The van der Waals surface area contributed by atoms with Crippen molar-refractivity contribution in [3.63, 3.8) is 0 Å². The lowest BCUT2D eigenvalue weighted by atomic mass is 9.73. The van der Waals surface area contributed by atoms with Gasteiger partial charge in [-0.05, 0) is 107 Å². The highest BCUT2D eigenvalue weighted by Gasteiger charge is 2.55. The Morgan fingerprint density at radius 1 is 0.882 bits per heavy atom. The van der Waals surface area contributed by atoms with Crippen molar-refractivity contribution in [3.05, 3.63) is 39.9 Å². The van der Waals surface area contributed by atoms with Crippen LogP contribution in [0.25, 0.3) is 10.9 Å². The lowest BCUT2D eigenvalue weighted by Crippen LogP contribution is -2.62. The Kier molecular flexibility index (Phi) is 24.5. The minimum atomic E-state index is -1.96. The van der Waals surface area contributed by atoms with Crippen LogP contribution in [0.2, 0.25) is 0 Å². The number of nitrogens with one attached hydrogen (secondary N) is 2. The summed E-state index contributed by atoms with van der Waals surface area (Å²) in [4.78, 5) is 60.2. The molecule has 85 heavy (non-hydrogen) atoms. The number of aromatic carboxylic acids is 1. The molecule has 4 heterocycles. The summed E-state index contributed by atoms with van der Waals surface area (Å²) in [7, 11) is 6.78. The zero-order valence-corrected chi connectivity index (χ0v) is 52.3. The van der Waals surface area contributed by atoms with Gasteiger partial charge in [0.05, 0.1) is 85.4 Å². The summed E-state index contributed by atoms with van der Waals surface area (Å²) in [5, 5.41) is 55.8. The number of aliphatic hydroxyl groups excluding tert-OH is 2. The molecule has 3 aliphatic heterocycles. The molecule has 3 saturated heterocycles. The number of carboxylic acids is 1. The Morgan fingerprint density at radius 3 is 2.13 bits per heavy atom. The van der Waals surface area contributed by atoms with E-state index in [4.69, 9.17) is 52.2 Å². The summed E-state index contributed by atoms with van der Waals surface area (Å²) in [6.07, 6.45) is -7.12. The Bertz CT molecular complexity index is 2640. The van der Waals surface area contributed by atoms with E-state index in [-0.39, 0.29) is 94.6 Å². The molecule has 1 saturated carbocycles. The number of nitrogens with zero attached hydrogens (tertiary/aromatic N) is 3. The van der Waals surface area contributed by atoms with Gasteiger partial charge in [0.25, 0.3) is 0 Å². The van der Waals surface area contributed by atoms with Gasteiger partial charge in [-0.3, -0.25) is 9.59 Å². The van der Waals surface area contributed by atoms with Crippen molar-refractivity contribution in [3.8, 4) is 0 Å². The number of methoxy groups -OCH3 is 2. The van der Waals surface area contributed by atoms with E-state index in [9.17, 15) is 39.6 Å². The number of amides is 1. The van der Waals surface area contributed by atoms with Crippen molar-refractivity contribution in [1.29, 1.82) is 0 Å². The predicted molar refractivity (Wildman–Crippen MR) is 311 cm³/mol. The van der Waals surface area contributed by atoms with Crippen LogP contribution >= 0.6 is 0 Å². The number of rotatable bonds is 23. The summed E-state index contributed by atoms with van der Waals surface area (Å²) in [6, 6.07) is 2.29. The molecule has 1 aromatic heterocycles. The minimum Gasteiger partial charge on any atom is -0.477 e. The third kappa shape index (κ3) is 16.6. The maximum Gasteiger partial charge on any atom is 0.407 e. The highest BCUT2D eigenvalue weighted by Crippen LogP contribution is 2.43. The molecular formula is C60H96FN5O19. The van der Waals surface area contributed by atoms with Crippen LogP contribution in [0.15, 0.2) is 28.3 Å². The zero-order valence-electron chi connectivity index (χ0n) is 52.3. The number of esters is 1. The molecule has 1 aromatic carbocycles. The fraction of sp³-hybridized carbons (Fsp3) is 0.783. The number of halogens is 1. The standard InChI is InChI=1S/C60H96FN5O19/c1-16-45-60(11,74)51(69)34(5)47(64-79-17-2)32(3)29-58(9,75-14)52(84-56-49(68)44(65(12)13)26-33(4)80-56)35(6)50(36(7)55(72)82-45)83-46-30-59(10,76-15)53(37(8)81-46)85-57(73)63-21-23-78-25-24-77-22-20-62-42-28-43-39(27-41(42)61)48(67)40(54(70)71)31-66(43)38-18-19-38/h27-28,31-38,44-46,49-53,56,62,68-69,74H,16-26,29-30H2,1-15H3,(H,63,73)(H,70,71)/b64-47+/t32-,33-,34+,35+,36-,37+,44+,45-,46?,49-,50+,51-,52-,53+,56?,58-,59-,60-/m1/s1. The van der Waals surface area contributed by atoms with Gasteiger partial charge < -0.3 is 92.7 Å². The molecule has 1 aliphatic carbocycles. The number of cyclic esters (lactones) is 1. The lowest BCUT2D eigenvalue weighted by Gasteiger charge is -2.50. The quantitative estimate of drug-likeness (QED) is 0.0446. The Morgan fingerprint density at radius 2 is 1.53 bits per heavy atom. The number of hydrogen-bond donors (Lipinski definition) is 6. The number of aliphatic hydroxyl groups is 3. The molecule has 1 amide bonds. The van der Waals surface area contributed by atoms with Crippen molar-refractivity contribution >= 4 is 40.3 Å². The number of alkyl carbamates (subject to hydrolysis) is 1. The SMILES string of the molecule is CCO/N=C1\[C@H](C)C[C@@](C)(OC)[C@H](OC2O[C@H](C)C[C@H](N(C)C)[C@H]2O)[C@@H](C)[C@H](OC2C[C@@](C)(OC)[C@@H](OC(=O)NCCOCCOCCNc3cc4c(cc3F)c(=O)c(C(=O)O)cn4C3CC3)[C@H](C)O2)[C@@H](C)C(=O)O[C@H](CC)[C@@](C)(O)[C@H](O)[C@H]1C. The van der Waals surface area contributed by atoms with Gasteiger partial charge >= 0.3 is 18.0 Å². The second-order valence-corrected chi connectivity index (χ2v) is 24.3. The molecule has 2 aromatic rings. The van der Waals surface area contributed by atoms with E-state index in [2.05, 4.69) is 15.8 Å². The molecule has 0 radical (unpaired) electrons. The lowest BCUT2D eigenvalue weighted by molar-refractivity contribution is -0.319. The molecule has 6 rings (SSSR count). The van der Waals surface area contributed by atoms with Crippen LogP contribution < -0.4 is 16.1 Å². The normalized spacial score (nSPS) is 35.7. The molecule has 24 nitrogen and oxygen atoms in total. The van der Waals surface area contributed by atoms with Crippen LogP contribution in [0.4, 0.5) is 14.9 Å². The average molecular weight is 1210 g/mol. The molecule has 4 fully saturated rings. The fourth-order valence-electron chi connectivity index (χ4n) is 12.4. The number of ether oxygens (including phenoxy) is 10. The van der Waals surface area contributed by atoms with Gasteiger partial charge in [-0.15, -0.1) is 0 Å². The van der Waals surface area contributed by atoms with E-state index in [0.29, 0.717) is 17.6 Å². The molecule has 482 valence electrons. The van der Waals surface area contributed by atoms with Gasteiger partial charge in [0.15, 0.2) is 18.7 Å². The number of fused-ring (bicyclic) bond motifs is 1. The van der Waals surface area contributed by atoms with Gasteiger partial charge in [0.2, 0.25) is 5.43 Å². The molecule has 18 atom stereocenters. The number of hydrogen-bond acceptors (Lipinski definition) is 21. The van der Waals surface area contributed by atoms with Gasteiger partial charge in [0.1, 0.15) is 41.4 Å². The van der Waals surface area contributed by atoms with Crippen molar-refractivity contribution in [2.45, 2.75) is 205 Å². The molecule has 0 spiro atoms. The minimum absolute atomic E-state index is 0.00291. The fourth-order valence-corrected chi connectivity index (χ4v) is 12.4. The molecule has 0 bridgehead atoms. The summed E-state index contributed by atoms with van der Waals surface area (Å²) in [6.45, 7) is 20.6. The van der Waals surface area contributed by atoms with Crippen LogP contribution in [-0.4, -0.2) is 212 Å². The van der Waals surface area contributed by atoms with Crippen molar-refractivity contribution in [2.75, 3.05) is 79.8 Å². The first kappa shape index (κ1) is 69.5. The van der Waals surface area contributed by atoms with Gasteiger partial charge in [-0.25, -0.2) is 14.0 Å². The molecule has 6 N–H and O–H groups in total. The molecule has 2 unspecified atom stereocenters. The van der Waals surface area contributed by atoms with E-state index in [1.807, 2.05) is 46.7 Å². The second kappa shape index (κ2) is 30.0. The summed E-state index contributed by atoms with van der Waals surface area (Å²) in [5.74, 6) is -5.96. The first-order valence-corrected chi connectivity index (χ1v) is 29.9. The smallest absolute Gasteiger partial charge is 0.407 e. The van der Waals surface area contributed by atoms with Gasteiger partial charge in [-0.1, -0.05) is 32.9 Å². The van der Waals surface area contributed by atoms with Gasteiger partial charge in [-0.2, -0.15) is 0 Å². The maximum absolute atomic E-state index is 15.1. The summed E-state index contributed by atoms with van der Waals surface area (Å²) >= 11 is 0. The summed E-state index contributed by atoms with van der Waals surface area (Å²) < 4.78 is 79.8. The Labute approximate surface area is 498 Å². The van der Waals surface area contributed by atoms with Crippen LogP contribution in [0.5, 0.6) is 0 Å². The molecule has 4 aliphatic rings. The number of anilines is 1. The highest BCUT2D eigenvalue weighted by atomic mass is 19.1. The van der Waals surface area contributed by atoms with E-state index >= 15 is 4.39 Å². The highest BCUT2D eigenvalue weighted by molar-refractivity contribution is 5.93. The van der Waals surface area contributed by atoms with E-state index in [1.54, 1.807) is 53.2 Å². The predicted octanol–water partition coefficient (Wildman–Crippen LogP) is 5.63. The van der Waals surface area contributed by atoms with E-state index in [0.717, 1.165) is 18.9 Å². The second-order valence-electron chi connectivity index (χ2n) is 24.3. The van der Waals surface area contributed by atoms with Crippen LogP contribution in [-0.2, 0) is 57.0 Å². The average Bonchev–Trinajstić information content (AvgIpc) is 3.47. The van der Waals surface area contributed by atoms with E-state index in [1.165, 1.54) is 26.3 Å². The van der Waals surface area contributed by atoms with Gasteiger partial charge in [0, 0.05) is 75.2 Å². The number of carbonyl (C=O) groups is 3. The maximum atomic E-state index is 15.1. The van der Waals surface area contributed by atoms with E-state index < -0.39 is 131 Å². The number of oxime groups is 1. The monoisotopic (exact) mass is 1210 g/mol. The Hall–Kier alpha value is -4.64. The van der Waals surface area contributed by atoms with Crippen LogP contribution in [0, 0.1) is 29.5 Å². The topological polar surface area (TPSA) is 295 Å². The number of carboxylic acid groups (broad SMARTS) is 1. The first-order valence-electron chi connectivity index (χ1n) is 29.9. The van der Waals surface area contributed by atoms with Crippen molar-refractivity contribution in [2.24, 2.45) is 28.8 Å². The summed E-state index contributed by atoms with van der Waals surface area (Å²) in [5.41, 5.74) is -4.55. The third-order valence-electron chi connectivity index (χ3n) is 17.5. The van der Waals surface area contributed by atoms with Crippen LogP contribution in [0.1, 0.15) is 131 Å². The third-order valence-corrected chi connectivity index (χ3v) is 17.5. The number of carbonyl (C=O) groups excluding carboxylic acids is 2. The number of benzene rings is 1. The number of pyridine rings is 1. The van der Waals surface area contributed by atoms with Crippen molar-refractivity contribution in [1.82, 2.24) is 14.8 Å². The molecular weight excluding hydrogens is 1110 g/mol. The number of likely N-dealkylation sites (N-methyl/N-ethyl adjacent to an activating group) is 1. The number of aromatic nitrogens is 1.